The maximum absolute atomic E-state index is 10.0. The van der Waals surface area contributed by atoms with Crippen LogP contribution in [0.15, 0.2) is 65.7 Å². The van der Waals surface area contributed by atoms with Crippen molar-refractivity contribution in [3.8, 4) is 5.75 Å². The Balaban J connectivity index is 1.81. The van der Waals surface area contributed by atoms with E-state index >= 15 is 0 Å². The van der Waals surface area contributed by atoms with Crippen molar-refractivity contribution in [1.82, 2.24) is 0 Å². The van der Waals surface area contributed by atoms with Gasteiger partial charge in [-0.05, 0) is 42.3 Å². The third-order valence-corrected chi connectivity index (χ3v) is 3.68. The molecule has 116 valence electrons. The molecule has 2 rings (SSSR count). The first-order valence-electron chi connectivity index (χ1n) is 7.18. The maximum Gasteiger partial charge on any atom is 0.122 e. The van der Waals surface area contributed by atoms with Crippen LogP contribution in [0.5, 0.6) is 5.75 Å². The molecule has 0 radical (unpaired) electrons. The Morgan fingerprint density at radius 3 is 2.64 bits per heavy atom. The number of nitrogens with one attached hydrogen (secondary N) is 1. The second-order valence-electron chi connectivity index (χ2n) is 4.95. The fourth-order valence-corrected chi connectivity index (χ4v) is 2.28. The van der Waals surface area contributed by atoms with Crippen LogP contribution in [0.1, 0.15) is 5.56 Å². The summed E-state index contributed by atoms with van der Waals surface area (Å²) < 4.78 is 6.74. The highest BCUT2D eigenvalue weighted by Gasteiger charge is 2.07. The monoisotopic (exact) mass is 361 g/mol. The molecule has 0 saturated carbocycles. The molecule has 1 unspecified atom stereocenters. The average Bonchev–Trinajstić information content (AvgIpc) is 2.54. The number of para-hydroxylation sites is 1. The van der Waals surface area contributed by atoms with E-state index in [1.165, 1.54) is 0 Å². The molecule has 2 N–H and O–H groups in total. The molecule has 2 aromatic carbocycles. The summed E-state index contributed by atoms with van der Waals surface area (Å²) in [6, 6.07) is 15.6. The van der Waals surface area contributed by atoms with Crippen LogP contribution in [0.3, 0.4) is 0 Å². The lowest BCUT2D eigenvalue weighted by Crippen LogP contribution is -2.26. The van der Waals surface area contributed by atoms with Crippen molar-refractivity contribution < 1.29 is 9.84 Å². The standard InChI is InChI=1S/C18H20BrNO2/c1-2-5-14-6-3-4-7-18(14)22-13-17(21)12-20-16-10-8-15(19)9-11-16/h2-4,6-11,17,20-21H,1,5,12-13H2. The first-order valence-corrected chi connectivity index (χ1v) is 7.97. The number of anilines is 1. The van der Waals surface area contributed by atoms with E-state index in [0.717, 1.165) is 27.9 Å². The van der Waals surface area contributed by atoms with Crippen molar-refractivity contribution in [3.05, 3.63) is 71.2 Å². The zero-order chi connectivity index (χ0) is 15.8. The molecule has 4 heteroatoms. The number of allylic oxidation sites excluding steroid dienone is 1. The largest absolute Gasteiger partial charge is 0.491 e. The van der Waals surface area contributed by atoms with Crippen LogP contribution >= 0.6 is 15.9 Å². The molecule has 0 aliphatic rings. The smallest absolute Gasteiger partial charge is 0.122 e. The van der Waals surface area contributed by atoms with E-state index in [1.807, 2.05) is 54.6 Å². The number of ether oxygens (including phenoxy) is 1. The van der Waals surface area contributed by atoms with Crippen LogP contribution in [0.2, 0.25) is 0 Å². The SMILES string of the molecule is C=CCc1ccccc1OCC(O)CNc1ccc(Br)cc1. The Morgan fingerprint density at radius 2 is 1.91 bits per heavy atom. The highest BCUT2D eigenvalue weighted by Crippen LogP contribution is 2.19. The molecular weight excluding hydrogens is 342 g/mol. The molecule has 3 nitrogen and oxygen atoms in total. The third-order valence-electron chi connectivity index (χ3n) is 3.15. The molecular formula is C18H20BrNO2. The second-order valence-corrected chi connectivity index (χ2v) is 5.87. The number of benzene rings is 2. The summed E-state index contributed by atoms with van der Waals surface area (Å²) in [6.07, 6.45) is 2.01. The highest BCUT2D eigenvalue weighted by molar-refractivity contribution is 9.10. The van der Waals surface area contributed by atoms with Crippen LogP contribution in [0, 0.1) is 0 Å². The van der Waals surface area contributed by atoms with Gasteiger partial charge in [-0.3, -0.25) is 0 Å². The molecule has 0 saturated heterocycles. The first kappa shape index (κ1) is 16.6. The molecule has 0 amide bonds. The fourth-order valence-electron chi connectivity index (χ4n) is 2.02. The van der Waals surface area contributed by atoms with E-state index in [-0.39, 0.29) is 6.61 Å². The number of aliphatic hydroxyl groups is 1. The Morgan fingerprint density at radius 1 is 1.18 bits per heavy atom. The molecule has 0 heterocycles. The van der Waals surface area contributed by atoms with Crippen LogP contribution in [-0.4, -0.2) is 24.4 Å². The molecule has 0 aliphatic carbocycles. The average molecular weight is 362 g/mol. The third kappa shape index (κ3) is 5.20. The summed E-state index contributed by atoms with van der Waals surface area (Å²) in [5.74, 6) is 0.796. The van der Waals surface area contributed by atoms with Crippen LogP contribution in [0.4, 0.5) is 5.69 Å². The van der Waals surface area contributed by atoms with Gasteiger partial charge in [-0.25, -0.2) is 0 Å². The maximum atomic E-state index is 10.0. The Labute approximate surface area is 139 Å². The van der Waals surface area contributed by atoms with Gasteiger partial charge in [0.05, 0.1) is 0 Å². The zero-order valence-corrected chi connectivity index (χ0v) is 13.9. The number of halogens is 1. The lowest BCUT2D eigenvalue weighted by atomic mass is 10.1. The molecule has 0 aliphatic heterocycles. The quantitative estimate of drug-likeness (QED) is 0.697. The lowest BCUT2D eigenvalue weighted by molar-refractivity contribution is 0.117. The fraction of sp³-hybridized carbons (Fsp3) is 0.222. The number of hydrogen-bond donors (Lipinski definition) is 2. The molecule has 1 atom stereocenters. The van der Waals surface area contributed by atoms with Gasteiger partial charge in [0.2, 0.25) is 0 Å². The molecule has 0 fully saturated rings. The molecule has 0 spiro atoms. The van der Waals surface area contributed by atoms with Gasteiger partial charge in [-0.15, -0.1) is 6.58 Å². The normalized spacial score (nSPS) is 11.7. The van der Waals surface area contributed by atoms with Crippen LogP contribution in [-0.2, 0) is 6.42 Å². The predicted molar refractivity (Wildman–Crippen MR) is 94.5 cm³/mol. The van der Waals surface area contributed by atoms with Crippen molar-refractivity contribution in [3.63, 3.8) is 0 Å². The van der Waals surface area contributed by atoms with Gasteiger partial charge in [0.1, 0.15) is 18.5 Å². The number of hydrogen-bond acceptors (Lipinski definition) is 3. The predicted octanol–water partition coefficient (Wildman–Crippen LogP) is 4.03. The Hall–Kier alpha value is -1.78. The molecule has 22 heavy (non-hydrogen) atoms. The van der Waals surface area contributed by atoms with E-state index in [4.69, 9.17) is 4.74 Å². The molecule has 0 bridgehead atoms. The Bertz CT molecular complexity index is 598. The molecule has 2 aromatic rings. The van der Waals surface area contributed by atoms with Gasteiger partial charge in [-0.2, -0.15) is 0 Å². The zero-order valence-electron chi connectivity index (χ0n) is 12.3. The van der Waals surface area contributed by atoms with Crippen molar-refractivity contribution in [2.75, 3.05) is 18.5 Å². The minimum Gasteiger partial charge on any atom is -0.491 e. The summed E-state index contributed by atoms with van der Waals surface area (Å²) in [6.45, 7) is 4.43. The summed E-state index contributed by atoms with van der Waals surface area (Å²) in [5.41, 5.74) is 2.04. The number of rotatable bonds is 8. The van der Waals surface area contributed by atoms with Crippen LogP contribution in [0.25, 0.3) is 0 Å². The second kappa shape index (κ2) is 8.61. The van der Waals surface area contributed by atoms with Crippen LogP contribution < -0.4 is 10.1 Å². The van der Waals surface area contributed by atoms with Gasteiger partial charge in [0, 0.05) is 16.7 Å². The summed E-state index contributed by atoms with van der Waals surface area (Å²) in [4.78, 5) is 0. The summed E-state index contributed by atoms with van der Waals surface area (Å²) >= 11 is 3.39. The van der Waals surface area contributed by atoms with Gasteiger partial charge in [0.15, 0.2) is 0 Å². The van der Waals surface area contributed by atoms with E-state index < -0.39 is 6.10 Å². The summed E-state index contributed by atoms with van der Waals surface area (Å²) in [7, 11) is 0. The van der Waals surface area contributed by atoms with Crippen molar-refractivity contribution in [1.29, 1.82) is 0 Å². The molecule has 0 aromatic heterocycles. The van der Waals surface area contributed by atoms with Crippen molar-refractivity contribution in [2.24, 2.45) is 0 Å². The van der Waals surface area contributed by atoms with E-state index in [0.29, 0.717) is 6.54 Å². The van der Waals surface area contributed by atoms with E-state index in [9.17, 15) is 5.11 Å². The van der Waals surface area contributed by atoms with Gasteiger partial charge < -0.3 is 15.2 Å². The minimum absolute atomic E-state index is 0.248. The Kier molecular flexibility index (Phi) is 6.49. The summed E-state index contributed by atoms with van der Waals surface area (Å²) in [5, 5.41) is 13.2. The lowest BCUT2D eigenvalue weighted by Gasteiger charge is -2.15. The van der Waals surface area contributed by atoms with Gasteiger partial charge >= 0.3 is 0 Å². The van der Waals surface area contributed by atoms with E-state index in [1.54, 1.807) is 0 Å². The highest BCUT2D eigenvalue weighted by atomic mass is 79.9. The van der Waals surface area contributed by atoms with Crippen molar-refractivity contribution >= 4 is 21.6 Å². The minimum atomic E-state index is -0.583. The van der Waals surface area contributed by atoms with Gasteiger partial charge in [0.25, 0.3) is 0 Å². The topological polar surface area (TPSA) is 41.5 Å². The number of aliphatic hydroxyl groups excluding tert-OH is 1. The van der Waals surface area contributed by atoms with Gasteiger partial charge in [-0.1, -0.05) is 40.2 Å². The van der Waals surface area contributed by atoms with E-state index in [2.05, 4.69) is 27.8 Å². The van der Waals surface area contributed by atoms with Crippen molar-refractivity contribution in [2.45, 2.75) is 12.5 Å². The first-order chi connectivity index (χ1) is 10.7.